The molecule has 0 aliphatic rings. The molecular formula is C14H19F2NO. The number of carbonyl (C=O) groups is 1. The van der Waals surface area contributed by atoms with Gasteiger partial charge in [0.15, 0.2) is 5.78 Å². The van der Waals surface area contributed by atoms with Crippen molar-refractivity contribution in [3.63, 3.8) is 0 Å². The van der Waals surface area contributed by atoms with Crippen LogP contribution in [0.25, 0.3) is 0 Å². The lowest BCUT2D eigenvalue weighted by Gasteiger charge is -2.23. The van der Waals surface area contributed by atoms with Gasteiger partial charge in [-0.15, -0.1) is 0 Å². The number of hydrogen-bond donors (Lipinski definition) is 1. The van der Waals surface area contributed by atoms with E-state index in [1.165, 1.54) is 6.07 Å². The molecule has 18 heavy (non-hydrogen) atoms. The number of Topliss-reactive ketones (excluding diaryl/α,β-unsaturated/α-hetero) is 1. The Hall–Kier alpha value is -1.29. The van der Waals surface area contributed by atoms with Crippen LogP contribution in [0.1, 0.15) is 43.5 Å². The quantitative estimate of drug-likeness (QED) is 0.792. The molecule has 0 saturated heterocycles. The lowest BCUT2D eigenvalue weighted by molar-refractivity contribution is 0.0953. The van der Waals surface area contributed by atoms with Crippen molar-refractivity contribution in [3.05, 3.63) is 35.4 Å². The maximum absolute atomic E-state index is 13.4. The summed E-state index contributed by atoms with van der Waals surface area (Å²) in [6, 6.07) is 3.45. The topological polar surface area (TPSA) is 43.1 Å². The highest BCUT2D eigenvalue weighted by atomic mass is 19.1. The molecule has 0 unspecified atom stereocenters. The first-order valence-electron chi connectivity index (χ1n) is 6.05. The molecule has 2 N–H and O–H groups in total. The second-order valence-electron chi connectivity index (χ2n) is 5.22. The summed E-state index contributed by atoms with van der Waals surface area (Å²) in [4.78, 5) is 11.8. The van der Waals surface area contributed by atoms with Gasteiger partial charge >= 0.3 is 0 Å². The van der Waals surface area contributed by atoms with Crippen LogP contribution in [0.5, 0.6) is 0 Å². The number of ketones is 1. The first kappa shape index (κ1) is 14.8. The molecule has 0 radical (unpaired) electrons. The average Bonchev–Trinajstić information content (AvgIpc) is 2.26. The molecule has 4 heteroatoms. The average molecular weight is 255 g/mol. The molecule has 0 amide bonds. The van der Waals surface area contributed by atoms with E-state index in [9.17, 15) is 13.6 Å². The van der Waals surface area contributed by atoms with E-state index in [4.69, 9.17) is 5.73 Å². The zero-order valence-corrected chi connectivity index (χ0v) is 10.8. The summed E-state index contributed by atoms with van der Waals surface area (Å²) in [6.07, 6.45) is 1.47. The fraction of sp³-hybridized carbons (Fsp3) is 0.500. The van der Waals surface area contributed by atoms with Crippen molar-refractivity contribution in [2.45, 2.75) is 33.1 Å². The van der Waals surface area contributed by atoms with Crippen molar-refractivity contribution in [1.29, 1.82) is 0 Å². The van der Waals surface area contributed by atoms with Crippen molar-refractivity contribution in [1.82, 2.24) is 0 Å². The summed E-state index contributed by atoms with van der Waals surface area (Å²) in [5.74, 6) is -2.08. The summed E-state index contributed by atoms with van der Waals surface area (Å²) in [5.41, 5.74) is 4.95. The van der Waals surface area contributed by atoms with Gasteiger partial charge in [0, 0.05) is 6.42 Å². The highest BCUT2D eigenvalue weighted by Crippen LogP contribution is 2.27. The van der Waals surface area contributed by atoms with Crippen LogP contribution in [0.15, 0.2) is 18.2 Å². The second-order valence-corrected chi connectivity index (χ2v) is 5.22. The Morgan fingerprint density at radius 2 is 1.78 bits per heavy atom. The Labute approximate surface area is 106 Å². The maximum Gasteiger partial charge on any atom is 0.168 e. The molecule has 0 bridgehead atoms. The van der Waals surface area contributed by atoms with Crippen LogP contribution in [-0.2, 0) is 0 Å². The Morgan fingerprint density at radius 3 is 2.28 bits per heavy atom. The monoisotopic (exact) mass is 255 g/mol. The van der Waals surface area contributed by atoms with E-state index in [0.717, 1.165) is 18.6 Å². The van der Waals surface area contributed by atoms with Crippen LogP contribution in [0.4, 0.5) is 8.78 Å². The van der Waals surface area contributed by atoms with Crippen LogP contribution >= 0.6 is 0 Å². The van der Waals surface area contributed by atoms with Crippen LogP contribution in [0, 0.1) is 17.0 Å². The second kappa shape index (κ2) is 6.05. The number of benzene rings is 1. The van der Waals surface area contributed by atoms with Gasteiger partial charge in [-0.3, -0.25) is 4.79 Å². The third-order valence-corrected chi connectivity index (χ3v) is 3.09. The van der Waals surface area contributed by atoms with Gasteiger partial charge in [-0.1, -0.05) is 19.9 Å². The first-order chi connectivity index (χ1) is 8.37. The molecule has 1 rings (SSSR count). The molecule has 0 saturated carbocycles. The highest BCUT2D eigenvalue weighted by molar-refractivity contribution is 5.96. The molecule has 0 heterocycles. The lowest BCUT2D eigenvalue weighted by atomic mass is 9.83. The van der Waals surface area contributed by atoms with Gasteiger partial charge in [0.2, 0.25) is 0 Å². The van der Waals surface area contributed by atoms with E-state index in [-0.39, 0.29) is 11.8 Å². The standard InChI is InChI=1S/C14H19F2NO/c1-14(2,8-9-17)7-6-12(18)13-10(15)4-3-5-11(13)16/h3-5H,6-9,17H2,1-2H3. The fourth-order valence-electron chi connectivity index (χ4n) is 1.86. The maximum atomic E-state index is 13.4. The van der Waals surface area contributed by atoms with E-state index in [2.05, 4.69) is 0 Å². The predicted octanol–water partition coefficient (Wildman–Crippen LogP) is 3.30. The van der Waals surface area contributed by atoms with Gasteiger partial charge in [0.05, 0.1) is 5.56 Å². The SMILES string of the molecule is CC(C)(CCN)CCC(=O)c1c(F)cccc1F. The van der Waals surface area contributed by atoms with E-state index in [1.54, 1.807) is 0 Å². The summed E-state index contributed by atoms with van der Waals surface area (Å²) in [5, 5.41) is 0. The number of nitrogens with two attached hydrogens (primary N) is 1. The largest absolute Gasteiger partial charge is 0.330 e. The molecule has 0 aromatic heterocycles. The summed E-state index contributed by atoms with van der Waals surface area (Å²) in [6.45, 7) is 4.52. The molecule has 0 fully saturated rings. The van der Waals surface area contributed by atoms with Gasteiger partial charge in [-0.2, -0.15) is 0 Å². The number of halogens is 2. The molecule has 0 aliphatic heterocycles. The van der Waals surface area contributed by atoms with Crippen molar-refractivity contribution in [2.75, 3.05) is 6.54 Å². The van der Waals surface area contributed by atoms with Gasteiger partial charge < -0.3 is 5.73 Å². The normalized spacial score (nSPS) is 11.6. The molecule has 0 atom stereocenters. The Bertz CT molecular complexity index is 410. The van der Waals surface area contributed by atoms with Crippen molar-refractivity contribution < 1.29 is 13.6 Å². The minimum absolute atomic E-state index is 0.0911. The number of hydrogen-bond acceptors (Lipinski definition) is 2. The zero-order valence-electron chi connectivity index (χ0n) is 10.8. The Balaban J connectivity index is 2.72. The van der Waals surface area contributed by atoms with Gasteiger partial charge in [-0.25, -0.2) is 8.78 Å². The zero-order chi connectivity index (χ0) is 13.8. The van der Waals surface area contributed by atoms with E-state index in [0.29, 0.717) is 13.0 Å². The Morgan fingerprint density at radius 1 is 1.22 bits per heavy atom. The van der Waals surface area contributed by atoms with Crippen LogP contribution in [0.3, 0.4) is 0 Å². The molecule has 2 nitrogen and oxygen atoms in total. The van der Waals surface area contributed by atoms with Crippen molar-refractivity contribution >= 4 is 5.78 Å². The Kier molecular flexibility index (Phi) is 4.96. The summed E-state index contributed by atoms with van der Waals surface area (Å²) < 4.78 is 26.8. The van der Waals surface area contributed by atoms with Crippen molar-refractivity contribution in [2.24, 2.45) is 11.1 Å². The summed E-state index contributed by atoms with van der Waals surface area (Å²) >= 11 is 0. The minimum Gasteiger partial charge on any atom is -0.330 e. The molecule has 1 aromatic rings. The summed E-state index contributed by atoms with van der Waals surface area (Å²) in [7, 11) is 0. The number of rotatable bonds is 6. The van der Waals surface area contributed by atoms with Crippen molar-refractivity contribution in [3.8, 4) is 0 Å². The van der Waals surface area contributed by atoms with Gasteiger partial charge in [0.1, 0.15) is 11.6 Å². The molecule has 100 valence electrons. The highest BCUT2D eigenvalue weighted by Gasteiger charge is 2.22. The third kappa shape index (κ3) is 3.88. The van der Waals surface area contributed by atoms with Gasteiger partial charge in [-0.05, 0) is 36.9 Å². The molecule has 1 aromatic carbocycles. The van der Waals surface area contributed by atoms with E-state index >= 15 is 0 Å². The lowest BCUT2D eigenvalue weighted by Crippen LogP contribution is -2.19. The van der Waals surface area contributed by atoms with Gasteiger partial charge in [0.25, 0.3) is 0 Å². The van der Waals surface area contributed by atoms with E-state index in [1.807, 2.05) is 13.8 Å². The third-order valence-electron chi connectivity index (χ3n) is 3.09. The smallest absolute Gasteiger partial charge is 0.168 e. The molecular weight excluding hydrogens is 236 g/mol. The van der Waals surface area contributed by atoms with E-state index < -0.39 is 23.0 Å². The molecule has 0 aliphatic carbocycles. The van der Waals surface area contributed by atoms with Crippen LogP contribution < -0.4 is 5.73 Å². The van der Waals surface area contributed by atoms with Crippen LogP contribution in [0.2, 0.25) is 0 Å². The minimum atomic E-state index is -0.795. The molecule has 0 spiro atoms. The van der Waals surface area contributed by atoms with Crippen LogP contribution in [-0.4, -0.2) is 12.3 Å². The fourth-order valence-corrected chi connectivity index (χ4v) is 1.86. The number of carbonyl (C=O) groups excluding carboxylic acids is 1. The predicted molar refractivity (Wildman–Crippen MR) is 67.4 cm³/mol. The first-order valence-corrected chi connectivity index (χ1v) is 6.05.